The standard InChI is InChI=1S/C35H46O2S/c1-2-3-4-5-6-7-8-9-10-11-12-22-29-33(38)34(36)37-35(30-23-16-13-17-24-30,31-25-18-14-19-26-31)32-27-20-15-21-28-32/h13-21,23-28,33,38H,2-12,22,29H2,1H3. The molecule has 3 aromatic rings. The van der Waals surface area contributed by atoms with Gasteiger partial charge in [0.2, 0.25) is 0 Å². The predicted molar refractivity (Wildman–Crippen MR) is 164 cm³/mol. The zero-order chi connectivity index (χ0) is 26.9. The molecule has 0 heterocycles. The van der Waals surface area contributed by atoms with Crippen molar-refractivity contribution in [2.45, 2.75) is 101 Å². The maximum atomic E-state index is 13.5. The van der Waals surface area contributed by atoms with Gasteiger partial charge in [-0.05, 0) is 6.42 Å². The van der Waals surface area contributed by atoms with Crippen molar-refractivity contribution in [1.29, 1.82) is 0 Å². The number of esters is 1. The molecule has 3 heteroatoms. The van der Waals surface area contributed by atoms with Gasteiger partial charge >= 0.3 is 5.97 Å². The highest BCUT2D eigenvalue weighted by Gasteiger charge is 2.41. The fraction of sp³-hybridized carbons (Fsp3) is 0.457. The van der Waals surface area contributed by atoms with E-state index in [-0.39, 0.29) is 5.97 Å². The van der Waals surface area contributed by atoms with Crippen molar-refractivity contribution in [1.82, 2.24) is 0 Å². The lowest BCUT2D eigenvalue weighted by atomic mass is 9.80. The van der Waals surface area contributed by atoms with E-state index in [0.717, 1.165) is 36.0 Å². The van der Waals surface area contributed by atoms with Crippen molar-refractivity contribution in [3.05, 3.63) is 108 Å². The molecule has 0 saturated carbocycles. The Labute approximate surface area is 236 Å². The second-order valence-electron chi connectivity index (χ2n) is 10.4. The van der Waals surface area contributed by atoms with E-state index in [1.54, 1.807) is 0 Å². The molecule has 0 radical (unpaired) electrons. The molecule has 0 fully saturated rings. The van der Waals surface area contributed by atoms with Crippen LogP contribution >= 0.6 is 12.6 Å². The monoisotopic (exact) mass is 530 g/mol. The summed E-state index contributed by atoms with van der Waals surface area (Å²) in [5.74, 6) is -0.270. The maximum Gasteiger partial charge on any atom is 0.320 e. The van der Waals surface area contributed by atoms with E-state index in [2.05, 4.69) is 6.92 Å². The highest BCUT2D eigenvalue weighted by molar-refractivity contribution is 7.81. The lowest BCUT2D eigenvalue weighted by Crippen LogP contribution is -2.37. The summed E-state index contributed by atoms with van der Waals surface area (Å²) in [7, 11) is 0. The van der Waals surface area contributed by atoms with Crippen molar-refractivity contribution >= 4 is 18.6 Å². The first-order valence-electron chi connectivity index (χ1n) is 14.8. The van der Waals surface area contributed by atoms with Crippen LogP contribution in [-0.4, -0.2) is 11.2 Å². The summed E-state index contributed by atoms with van der Waals surface area (Å²) in [4.78, 5) is 13.5. The Balaban J connectivity index is 1.56. The second-order valence-corrected chi connectivity index (χ2v) is 11.0. The summed E-state index contributed by atoms with van der Waals surface area (Å²) < 4.78 is 6.50. The van der Waals surface area contributed by atoms with Gasteiger partial charge in [0.1, 0.15) is 0 Å². The van der Waals surface area contributed by atoms with Gasteiger partial charge < -0.3 is 4.74 Å². The number of hydrogen-bond donors (Lipinski definition) is 1. The van der Waals surface area contributed by atoms with Crippen molar-refractivity contribution in [3.8, 4) is 0 Å². The van der Waals surface area contributed by atoms with Crippen molar-refractivity contribution in [3.63, 3.8) is 0 Å². The molecule has 0 saturated heterocycles. The van der Waals surface area contributed by atoms with Crippen LogP contribution in [0.3, 0.4) is 0 Å². The molecule has 0 spiro atoms. The van der Waals surface area contributed by atoms with Crippen LogP contribution in [-0.2, 0) is 15.1 Å². The van der Waals surface area contributed by atoms with Crippen LogP contribution in [0.4, 0.5) is 0 Å². The number of unbranched alkanes of at least 4 members (excludes halogenated alkanes) is 11. The van der Waals surface area contributed by atoms with Crippen LogP contribution < -0.4 is 0 Å². The van der Waals surface area contributed by atoms with Crippen molar-refractivity contribution in [2.75, 3.05) is 0 Å². The van der Waals surface area contributed by atoms with Gasteiger partial charge in [-0.25, -0.2) is 0 Å². The largest absolute Gasteiger partial charge is 0.443 e. The van der Waals surface area contributed by atoms with E-state index in [0.29, 0.717) is 0 Å². The minimum atomic E-state index is -1.03. The Morgan fingerprint density at radius 2 is 0.947 bits per heavy atom. The average molecular weight is 531 g/mol. The predicted octanol–water partition coefficient (Wildman–Crippen LogP) is 9.91. The minimum absolute atomic E-state index is 0.270. The molecule has 204 valence electrons. The molecule has 0 bridgehead atoms. The first kappa shape index (κ1) is 30.0. The summed E-state index contributed by atoms with van der Waals surface area (Å²) in [5.41, 5.74) is 1.75. The zero-order valence-electron chi connectivity index (χ0n) is 23.2. The summed E-state index contributed by atoms with van der Waals surface area (Å²) >= 11 is 4.71. The van der Waals surface area contributed by atoms with E-state index in [1.165, 1.54) is 64.2 Å². The highest BCUT2D eigenvalue weighted by atomic mass is 32.1. The van der Waals surface area contributed by atoms with Gasteiger partial charge in [0.25, 0.3) is 0 Å². The third kappa shape index (κ3) is 9.05. The van der Waals surface area contributed by atoms with Gasteiger partial charge in [0.05, 0.1) is 5.25 Å². The molecule has 2 nitrogen and oxygen atoms in total. The molecule has 3 rings (SSSR count). The van der Waals surface area contributed by atoms with Gasteiger partial charge in [-0.1, -0.05) is 175 Å². The van der Waals surface area contributed by atoms with Crippen LogP contribution in [0, 0.1) is 0 Å². The number of rotatable bonds is 18. The van der Waals surface area contributed by atoms with Crippen LogP contribution in [0.25, 0.3) is 0 Å². The number of carbonyl (C=O) groups is 1. The van der Waals surface area contributed by atoms with Gasteiger partial charge in [-0.2, -0.15) is 12.6 Å². The van der Waals surface area contributed by atoms with E-state index in [4.69, 9.17) is 17.4 Å². The topological polar surface area (TPSA) is 26.3 Å². The fourth-order valence-corrected chi connectivity index (χ4v) is 5.45. The van der Waals surface area contributed by atoms with E-state index < -0.39 is 10.9 Å². The molecule has 38 heavy (non-hydrogen) atoms. The number of hydrogen-bond acceptors (Lipinski definition) is 3. The van der Waals surface area contributed by atoms with Crippen LogP contribution in [0.1, 0.15) is 107 Å². The van der Waals surface area contributed by atoms with E-state index in [1.807, 2.05) is 91.0 Å². The van der Waals surface area contributed by atoms with Gasteiger partial charge in [-0.15, -0.1) is 0 Å². The van der Waals surface area contributed by atoms with Crippen molar-refractivity contribution < 1.29 is 9.53 Å². The Bertz CT molecular complexity index is 923. The SMILES string of the molecule is CCCCCCCCCCCCCCC(S)C(=O)OC(c1ccccc1)(c1ccccc1)c1ccccc1. The summed E-state index contributed by atoms with van der Waals surface area (Å²) in [6.45, 7) is 2.27. The molecule has 0 amide bonds. The molecule has 0 aromatic heterocycles. The summed E-state index contributed by atoms with van der Waals surface area (Å²) in [6, 6.07) is 30.1. The van der Waals surface area contributed by atoms with Crippen LogP contribution in [0.15, 0.2) is 91.0 Å². The van der Waals surface area contributed by atoms with Gasteiger partial charge in [-0.3, -0.25) is 4.79 Å². The zero-order valence-corrected chi connectivity index (χ0v) is 24.1. The molecule has 1 unspecified atom stereocenters. The quantitative estimate of drug-likeness (QED) is 0.0766. The Hall–Kier alpha value is -2.52. The molecular formula is C35H46O2S. The van der Waals surface area contributed by atoms with Crippen LogP contribution in [0.2, 0.25) is 0 Å². The number of thiol groups is 1. The molecule has 0 aliphatic heterocycles. The normalized spacial score (nSPS) is 12.3. The first-order valence-corrected chi connectivity index (χ1v) is 15.3. The smallest absolute Gasteiger partial charge is 0.320 e. The number of benzene rings is 3. The molecule has 0 aliphatic rings. The maximum absolute atomic E-state index is 13.5. The number of ether oxygens (including phenoxy) is 1. The van der Waals surface area contributed by atoms with Crippen LogP contribution in [0.5, 0.6) is 0 Å². The van der Waals surface area contributed by atoms with Crippen molar-refractivity contribution in [2.24, 2.45) is 0 Å². The third-order valence-electron chi connectivity index (χ3n) is 7.40. The Morgan fingerprint density at radius 3 is 1.32 bits per heavy atom. The Kier molecular flexibility index (Phi) is 13.5. The van der Waals surface area contributed by atoms with E-state index in [9.17, 15) is 4.79 Å². The molecule has 0 aliphatic carbocycles. The summed E-state index contributed by atoms with van der Waals surface area (Å²) in [5, 5.41) is -0.450. The lowest BCUT2D eigenvalue weighted by Gasteiger charge is -2.36. The second kappa shape index (κ2) is 17.1. The molecule has 3 aromatic carbocycles. The molecule has 0 N–H and O–H groups in total. The van der Waals surface area contributed by atoms with Gasteiger partial charge in [0, 0.05) is 16.7 Å². The average Bonchev–Trinajstić information content (AvgIpc) is 2.97. The lowest BCUT2D eigenvalue weighted by molar-refractivity contribution is -0.152. The van der Waals surface area contributed by atoms with Gasteiger partial charge in [0.15, 0.2) is 5.60 Å². The third-order valence-corrected chi connectivity index (χ3v) is 7.87. The Morgan fingerprint density at radius 1 is 0.605 bits per heavy atom. The minimum Gasteiger partial charge on any atom is -0.443 e. The fourth-order valence-electron chi connectivity index (χ4n) is 5.21. The summed E-state index contributed by atoms with van der Waals surface area (Å²) in [6.07, 6.45) is 16.3. The highest BCUT2D eigenvalue weighted by Crippen LogP contribution is 2.41. The van der Waals surface area contributed by atoms with E-state index >= 15 is 0 Å². The molecule has 1 atom stereocenters. The first-order chi connectivity index (χ1) is 18.7. The molecular weight excluding hydrogens is 484 g/mol. The number of carbonyl (C=O) groups excluding carboxylic acids is 1.